The van der Waals surface area contributed by atoms with Crippen LogP contribution in [0.3, 0.4) is 0 Å². The average Bonchev–Trinajstić information content (AvgIpc) is 2.90. The smallest absolute Gasteiger partial charge is 0.227 e. The maximum atomic E-state index is 12.2. The van der Waals surface area contributed by atoms with Gasteiger partial charge in [0.2, 0.25) is 5.91 Å². The van der Waals surface area contributed by atoms with Gasteiger partial charge in [-0.25, -0.2) is 0 Å². The number of nitrogens with two attached hydrogens (primary N) is 1. The molecule has 18 heavy (non-hydrogen) atoms. The Morgan fingerprint density at radius 3 is 2.50 bits per heavy atom. The summed E-state index contributed by atoms with van der Waals surface area (Å²) in [6.45, 7) is 1.18. The molecule has 3 heteroatoms. The zero-order chi connectivity index (χ0) is 12.8. The first-order chi connectivity index (χ1) is 8.77. The van der Waals surface area contributed by atoms with E-state index >= 15 is 0 Å². The summed E-state index contributed by atoms with van der Waals surface area (Å²) in [6, 6.07) is 10.2. The molecule has 1 aromatic carbocycles. The van der Waals surface area contributed by atoms with Crippen LogP contribution in [0.15, 0.2) is 30.3 Å². The number of carbonyl (C=O) groups excluding carboxylic acids is 1. The molecule has 3 nitrogen and oxygen atoms in total. The summed E-state index contributed by atoms with van der Waals surface area (Å²) in [6.07, 6.45) is 5.03. The monoisotopic (exact) mass is 246 g/mol. The molecule has 0 radical (unpaired) electrons. The van der Waals surface area contributed by atoms with Crippen LogP contribution in [0.5, 0.6) is 0 Å². The average molecular weight is 246 g/mol. The van der Waals surface area contributed by atoms with Gasteiger partial charge in [0.25, 0.3) is 0 Å². The van der Waals surface area contributed by atoms with E-state index in [1.807, 2.05) is 18.2 Å². The van der Waals surface area contributed by atoms with Gasteiger partial charge in [0.05, 0.1) is 5.41 Å². The second-order valence-corrected chi connectivity index (χ2v) is 5.18. The summed E-state index contributed by atoms with van der Waals surface area (Å²) in [5.74, 6) is 0.151. The first-order valence-corrected chi connectivity index (χ1v) is 6.79. The maximum absolute atomic E-state index is 12.2. The Bertz CT molecular complexity index is 383. The molecule has 1 aromatic rings. The van der Waals surface area contributed by atoms with Crippen LogP contribution in [-0.4, -0.2) is 19.0 Å². The van der Waals surface area contributed by atoms with Crippen molar-refractivity contribution in [3.8, 4) is 0 Å². The summed E-state index contributed by atoms with van der Waals surface area (Å²) in [5, 5.41) is 3.05. The summed E-state index contributed by atoms with van der Waals surface area (Å²) in [5.41, 5.74) is 6.77. The van der Waals surface area contributed by atoms with Crippen molar-refractivity contribution in [2.24, 2.45) is 11.1 Å². The van der Waals surface area contributed by atoms with E-state index in [4.69, 9.17) is 5.73 Å². The fourth-order valence-corrected chi connectivity index (χ4v) is 2.73. The van der Waals surface area contributed by atoms with Crippen molar-refractivity contribution in [1.29, 1.82) is 0 Å². The van der Waals surface area contributed by atoms with E-state index in [1.165, 1.54) is 5.56 Å². The SMILES string of the molecule is NCC1(C(=O)NCCc2ccccc2)CCCC1. The highest BCUT2D eigenvalue weighted by Crippen LogP contribution is 2.37. The van der Waals surface area contributed by atoms with Crippen molar-refractivity contribution in [1.82, 2.24) is 5.32 Å². The van der Waals surface area contributed by atoms with Crippen LogP contribution in [0.4, 0.5) is 0 Å². The molecule has 1 amide bonds. The van der Waals surface area contributed by atoms with Gasteiger partial charge in [-0.3, -0.25) is 4.79 Å². The predicted octanol–water partition coefficient (Wildman–Crippen LogP) is 1.86. The van der Waals surface area contributed by atoms with Crippen molar-refractivity contribution in [2.45, 2.75) is 32.1 Å². The van der Waals surface area contributed by atoms with E-state index < -0.39 is 0 Å². The molecule has 1 aliphatic rings. The van der Waals surface area contributed by atoms with E-state index in [-0.39, 0.29) is 11.3 Å². The molecule has 1 aliphatic carbocycles. The lowest BCUT2D eigenvalue weighted by atomic mass is 9.85. The lowest BCUT2D eigenvalue weighted by Gasteiger charge is -2.25. The number of rotatable bonds is 5. The lowest BCUT2D eigenvalue weighted by molar-refractivity contribution is -0.130. The number of hydrogen-bond acceptors (Lipinski definition) is 2. The Hall–Kier alpha value is -1.35. The van der Waals surface area contributed by atoms with E-state index in [0.717, 1.165) is 32.1 Å². The normalized spacial score (nSPS) is 17.6. The van der Waals surface area contributed by atoms with E-state index in [2.05, 4.69) is 17.4 Å². The first-order valence-electron chi connectivity index (χ1n) is 6.79. The van der Waals surface area contributed by atoms with Crippen LogP contribution < -0.4 is 11.1 Å². The third-order valence-electron chi connectivity index (χ3n) is 3.98. The van der Waals surface area contributed by atoms with Gasteiger partial charge in [0.15, 0.2) is 0 Å². The molecule has 0 unspecified atom stereocenters. The predicted molar refractivity (Wildman–Crippen MR) is 73.1 cm³/mol. The van der Waals surface area contributed by atoms with E-state index in [9.17, 15) is 4.79 Å². The molecule has 0 spiro atoms. The fourth-order valence-electron chi connectivity index (χ4n) is 2.73. The van der Waals surface area contributed by atoms with Crippen molar-refractivity contribution >= 4 is 5.91 Å². The van der Waals surface area contributed by atoms with Gasteiger partial charge in [-0.15, -0.1) is 0 Å². The first kappa shape index (κ1) is 13.1. The van der Waals surface area contributed by atoms with Gasteiger partial charge in [-0.2, -0.15) is 0 Å². The van der Waals surface area contributed by atoms with Gasteiger partial charge in [0, 0.05) is 13.1 Å². The standard InChI is InChI=1S/C15H22N2O/c16-12-15(9-4-5-10-15)14(18)17-11-8-13-6-2-1-3-7-13/h1-3,6-7H,4-5,8-12,16H2,(H,17,18). The van der Waals surface area contributed by atoms with Crippen LogP contribution in [0.2, 0.25) is 0 Å². The molecule has 0 aromatic heterocycles. The van der Waals surface area contributed by atoms with Crippen LogP contribution in [-0.2, 0) is 11.2 Å². The fraction of sp³-hybridized carbons (Fsp3) is 0.533. The number of amides is 1. The molecule has 0 atom stereocenters. The van der Waals surface area contributed by atoms with Crippen molar-refractivity contribution in [3.63, 3.8) is 0 Å². The molecule has 0 heterocycles. The van der Waals surface area contributed by atoms with Crippen LogP contribution in [0, 0.1) is 5.41 Å². The quantitative estimate of drug-likeness (QED) is 0.833. The third kappa shape index (κ3) is 2.91. The second kappa shape index (κ2) is 6.01. The van der Waals surface area contributed by atoms with Gasteiger partial charge < -0.3 is 11.1 Å². The molecule has 1 saturated carbocycles. The Morgan fingerprint density at radius 1 is 1.22 bits per heavy atom. The van der Waals surface area contributed by atoms with Gasteiger partial charge in [-0.05, 0) is 24.8 Å². The minimum atomic E-state index is -0.281. The molecule has 2 rings (SSSR count). The second-order valence-electron chi connectivity index (χ2n) is 5.18. The highest BCUT2D eigenvalue weighted by Gasteiger charge is 2.39. The van der Waals surface area contributed by atoms with Gasteiger partial charge in [-0.1, -0.05) is 43.2 Å². The van der Waals surface area contributed by atoms with Crippen LogP contribution in [0.25, 0.3) is 0 Å². The Kier molecular flexibility index (Phi) is 4.37. The minimum absolute atomic E-state index is 0.151. The largest absolute Gasteiger partial charge is 0.355 e. The zero-order valence-corrected chi connectivity index (χ0v) is 10.8. The Morgan fingerprint density at radius 2 is 1.89 bits per heavy atom. The summed E-state index contributed by atoms with van der Waals surface area (Å²) in [4.78, 5) is 12.2. The topological polar surface area (TPSA) is 55.1 Å². The molecule has 98 valence electrons. The number of nitrogens with one attached hydrogen (secondary N) is 1. The maximum Gasteiger partial charge on any atom is 0.227 e. The number of hydrogen-bond donors (Lipinski definition) is 2. The zero-order valence-electron chi connectivity index (χ0n) is 10.8. The third-order valence-corrected chi connectivity index (χ3v) is 3.98. The van der Waals surface area contributed by atoms with Crippen molar-refractivity contribution in [3.05, 3.63) is 35.9 Å². The Labute approximate surface area is 109 Å². The van der Waals surface area contributed by atoms with Gasteiger partial charge >= 0.3 is 0 Å². The van der Waals surface area contributed by atoms with Gasteiger partial charge in [0.1, 0.15) is 0 Å². The van der Waals surface area contributed by atoms with Crippen molar-refractivity contribution < 1.29 is 4.79 Å². The van der Waals surface area contributed by atoms with Crippen LogP contribution in [0.1, 0.15) is 31.2 Å². The molecule has 3 N–H and O–H groups in total. The molecular weight excluding hydrogens is 224 g/mol. The van der Waals surface area contributed by atoms with E-state index in [0.29, 0.717) is 13.1 Å². The molecule has 0 aliphatic heterocycles. The summed E-state index contributed by atoms with van der Waals surface area (Å²) < 4.78 is 0. The van der Waals surface area contributed by atoms with Crippen LogP contribution >= 0.6 is 0 Å². The summed E-state index contributed by atoms with van der Waals surface area (Å²) >= 11 is 0. The van der Waals surface area contributed by atoms with E-state index in [1.54, 1.807) is 0 Å². The lowest BCUT2D eigenvalue weighted by Crippen LogP contribution is -2.44. The number of benzene rings is 1. The number of carbonyl (C=O) groups is 1. The molecule has 0 bridgehead atoms. The highest BCUT2D eigenvalue weighted by molar-refractivity contribution is 5.83. The molecule has 0 saturated heterocycles. The molecule has 1 fully saturated rings. The summed E-state index contributed by atoms with van der Waals surface area (Å²) in [7, 11) is 0. The van der Waals surface area contributed by atoms with Crippen molar-refractivity contribution in [2.75, 3.05) is 13.1 Å². The molecular formula is C15H22N2O. The Balaban J connectivity index is 1.81. The highest BCUT2D eigenvalue weighted by atomic mass is 16.2. The minimum Gasteiger partial charge on any atom is -0.355 e.